The molecular weight excluding hydrogens is 755 g/mol. The summed E-state index contributed by atoms with van der Waals surface area (Å²) in [6.45, 7) is 0. The van der Waals surface area contributed by atoms with Crippen LogP contribution in [0.5, 0.6) is 0 Å². The molecule has 0 radical (unpaired) electrons. The first-order valence-electron chi connectivity index (χ1n) is 20.9. The van der Waals surface area contributed by atoms with E-state index >= 15 is 0 Å². The second-order valence-electron chi connectivity index (χ2n) is 15.4. The number of benzene rings is 9. The first-order chi connectivity index (χ1) is 30.7. The molecule has 0 amide bonds. The van der Waals surface area contributed by atoms with Gasteiger partial charge < -0.3 is 5.32 Å². The minimum atomic E-state index is -0.157. The van der Waals surface area contributed by atoms with E-state index in [4.69, 9.17) is 19.9 Å². The zero-order valence-electron chi connectivity index (χ0n) is 33.7. The number of nitrogens with zero attached hydrogens (tertiary/aromatic N) is 4. The van der Waals surface area contributed by atoms with E-state index in [0.717, 1.165) is 61.2 Å². The fourth-order valence-electron chi connectivity index (χ4n) is 8.58. The van der Waals surface area contributed by atoms with Crippen molar-refractivity contribution in [3.63, 3.8) is 0 Å². The molecule has 0 saturated carbocycles. The molecule has 1 N–H and O–H groups in total. The summed E-state index contributed by atoms with van der Waals surface area (Å²) in [6.07, 6.45) is 2.29. The van der Waals surface area contributed by atoms with Gasteiger partial charge in [0.25, 0.3) is 0 Å². The number of nitrogens with one attached hydrogen (secondary N) is 1. The van der Waals surface area contributed by atoms with Gasteiger partial charge in [0.05, 0.1) is 11.7 Å². The molecule has 5 heteroatoms. The standard InChI is InChI=1S/C57H39N5/c1-5-17-38(18-6-1)45-35-36-49(48-28-16-15-27-47(45)48)51-37-52(59-54(58-51)41-20-7-2-8-21-41)50-34-33-39-19-13-14-26-46(39)53(50)40-29-31-44(32-30-40)57-61-55(42-22-9-3-10-23-42)60-56(62-57)43-24-11-4-12-25-43/h1-37,51H,(H,58,59). The number of fused-ring (bicyclic) bond motifs is 2. The molecule has 1 aliphatic heterocycles. The van der Waals surface area contributed by atoms with E-state index in [2.05, 4.69) is 163 Å². The van der Waals surface area contributed by atoms with E-state index in [0.29, 0.717) is 17.5 Å². The van der Waals surface area contributed by atoms with Gasteiger partial charge in [0.1, 0.15) is 5.84 Å². The minimum Gasteiger partial charge on any atom is -0.359 e. The summed E-state index contributed by atoms with van der Waals surface area (Å²) in [6, 6.07) is 76.0. The summed E-state index contributed by atoms with van der Waals surface area (Å²) in [7, 11) is 0. The van der Waals surface area contributed by atoms with Crippen LogP contribution in [0.25, 0.3) is 83.7 Å². The summed E-state index contributed by atoms with van der Waals surface area (Å²) in [5.74, 6) is 2.72. The minimum absolute atomic E-state index is 0.157. The molecule has 5 nitrogen and oxygen atoms in total. The molecule has 62 heavy (non-hydrogen) atoms. The third-order valence-electron chi connectivity index (χ3n) is 11.6. The monoisotopic (exact) mass is 793 g/mol. The number of rotatable bonds is 8. The second kappa shape index (κ2) is 16.1. The molecule has 11 rings (SSSR count). The zero-order valence-corrected chi connectivity index (χ0v) is 33.7. The van der Waals surface area contributed by atoms with Crippen LogP contribution in [0.2, 0.25) is 0 Å². The summed E-state index contributed by atoms with van der Waals surface area (Å²) in [4.78, 5) is 20.3. The molecule has 1 atom stereocenters. The maximum Gasteiger partial charge on any atom is 0.164 e. The van der Waals surface area contributed by atoms with Crippen LogP contribution in [0, 0.1) is 0 Å². The van der Waals surface area contributed by atoms with Crippen molar-refractivity contribution < 1.29 is 0 Å². The number of aromatic nitrogens is 3. The molecular formula is C57H39N5. The third-order valence-corrected chi connectivity index (χ3v) is 11.6. The van der Waals surface area contributed by atoms with Gasteiger partial charge in [-0.15, -0.1) is 0 Å². The van der Waals surface area contributed by atoms with Crippen LogP contribution in [0.15, 0.2) is 229 Å². The van der Waals surface area contributed by atoms with Gasteiger partial charge in [-0.25, -0.2) is 19.9 Å². The van der Waals surface area contributed by atoms with Crippen molar-refractivity contribution in [3.8, 4) is 56.4 Å². The van der Waals surface area contributed by atoms with Crippen molar-refractivity contribution in [1.29, 1.82) is 0 Å². The van der Waals surface area contributed by atoms with Gasteiger partial charge >= 0.3 is 0 Å². The Labute approximate surface area is 360 Å². The van der Waals surface area contributed by atoms with Crippen molar-refractivity contribution in [3.05, 3.63) is 241 Å². The number of hydrogen-bond donors (Lipinski definition) is 1. The van der Waals surface area contributed by atoms with E-state index in [-0.39, 0.29) is 6.04 Å². The number of aliphatic imine (C=N–C) groups is 1. The highest BCUT2D eigenvalue weighted by molar-refractivity contribution is 6.08. The van der Waals surface area contributed by atoms with Crippen LogP contribution >= 0.6 is 0 Å². The lowest BCUT2D eigenvalue weighted by atomic mass is 9.88. The highest BCUT2D eigenvalue weighted by atomic mass is 15.1. The number of amidine groups is 1. The van der Waals surface area contributed by atoms with Crippen molar-refractivity contribution >= 4 is 33.1 Å². The Morgan fingerprint density at radius 2 is 0.806 bits per heavy atom. The summed E-state index contributed by atoms with van der Waals surface area (Å²) in [5, 5.41) is 8.58. The van der Waals surface area contributed by atoms with Gasteiger partial charge in [0.15, 0.2) is 17.5 Å². The van der Waals surface area contributed by atoms with E-state index < -0.39 is 0 Å². The third kappa shape index (κ3) is 7.01. The molecule has 0 aliphatic carbocycles. The van der Waals surface area contributed by atoms with Gasteiger partial charge in [0.2, 0.25) is 0 Å². The molecule has 0 bridgehead atoms. The SMILES string of the molecule is C1=C(c2ccc3ccccc3c2-c2ccc(-c3nc(-c4ccccc4)nc(-c4ccccc4)n3)cc2)N=C(c2ccccc2)NC1c1ccc(-c2ccccc2)c2ccccc12. The van der Waals surface area contributed by atoms with Crippen LogP contribution in [0.4, 0.5) is 0 Å². The highest BCUT2D eigenvalue weighted by Crippen LogP contribution is 2.41. The van der Waals surface area contributed by atoms with Crippen molar-refractivity contribution in [2.45, 2.75) is 6.04 Å². The summed E-state index contributed by atoms with van der Waals surface area (Å²) in [5.41, 5.74) is 11.6. The van der Waals surface area contributed by atoms with Gasteiger partial charge in [-0.2, -0.15) is 0 Å². The van der Waals surface area contributed by atoms with E-state index in [1.54, 1.807) is 0 Å². The van der Waals surface area contributed by atoms with Crippen LogP contribution in [-0.2, 0) is 0 Å². The van der Waals surface area contributed by atoms with Crippen LogP contribution in [0.3, 0.4) is 0 Å². The van der Waals surface area contributed by atoms with Gasteiger partial charge in [-0.1, -0.05) is 218 Å². The molecule has 1 aromatic heterocycles. The lowest BCUT2D eigenvalue weighted by Crippen LogP contribution is -2.31. The Morgan fingerprint density at radius 1 is 0.339 bits per heavy atom. The van der Waals surface area contributed by atoms with E-state index in [1.807, 2.05) is 66.7 Å². The van der Waals surface area contributed by atoms with Crippen molar-refractivity contribution in [1.82, 2.24) is 20.3 Å². The average molecular weight is 794 g/mol. The fourth-order valence-corrected chi connectivity index (χ4v) is 8.58. The van der Waals surface area contributed by atoms with Crippen LogP contribution in [0.1, 0.15) is 22.7 Å². The average Bonchev–Trinajstić information content (AvgIpc) is 3.36. The molecule has 292 valence electrons. The summed E-state index contributed by atoms with van der Waals surface area (Å²) >= 11 is 0. The quantitative estimate of drug-likeness (QED) is 0.166. The zero-order chi connectivity index (χ0) is 41.2. The molecule has 1 aliphatic rings. The lowest BCUT2D eigenvalue weighted by molar-refractivity contribution is 0.787. The van der Waals surface area contributed by atoms with Crippen LogP contribution in [-0.4, -0.2) is 20.8 Å². The Bertz CT molecular complexity index is 3230. The normalized spacial score (nSPS) is 13.6. The molecule has 2 heterocycles. The molecule has 9 aromatic carbocycles. The number of hydrogen-bond acceptors (Lipinski definition) is 5. The Kier molecular flexibility index (Phi) is 9.52. The van der Waals surface area contributed by atoms with E-state index in [1.165, 1.54) is 27.5 Å². The topological polar surface area (TPSA) is 63.1 Å². The predicted octanol–water partition coefficient (Wildman–Crippen LogP) is 13.6. The van der Waals surface area contributed by atoms with Crippen molar-refractivity contribution in [2.24, 2.45) is 4.99 Å². The first kappa shape index (κ1) is 36.8. The summed E-state index contributed by atoms with van der Waals surface area (Å²) < 4.78 is 0. The Morgan fingerprint density at radius 3 is 1.42 bits per heavy atom. The largest absolute Gasteiger partial charge is 0.359 e. The first-order valence-corrected chi connectivity index (χ1v) is 20.9. The lowest BCUT2D eigenvalue weighted by Gasteiger charge is -2.27. The highest BCUT2D eigenvalue weighted by Gasteiger charge is 2.24. The predicted molar refractivity (Wildman–Crippen MR) is 255 cm³/mol. The second-order valence-corrected chi connectivity index (χ2v) is 15.4. The molecule has 0 fully saturated rings. The van der Waals surface area contributed by atoms with Gasteiger partial charge in [-0.3, -0.25) is 0 Å². The van der Waals surface area contributed by atoms with Crippen LogP contribution < -0.4 is 5.32 Å². The van der Waals surface area contributed by atoms with Gasteiger partial charge in [-0.05, 0) is 55.4 Å². The molecule has 10 aromatic rings. The Balaban J connectivity index is 1.06. The molecule has 0 spiro atoms. The smallest absolute Gasteiger partial charge is 0.164 e. The Hall–Kier alpha value is -8.28. The molecule has 1 unspecified atom stereocenters. The fraction of sp³-hybridized carbons (Fsp3) is 0.0175. The van der Waals surface area contributed by atoms with E-state index in [9.17, 15) is 0 Å². The maximum absolute atomic E-state index is 5.42. The maximum atomic E-state index is 5.42. The van der Waals surface area contributed by atoms with Crippen molar-refractivity contribution in [2.75, 3.05) is 0 Å². The van der Waals surface area contributed by atoms with Gasteiger partial charge in [0, 0.05) is 27.8 Å². The molecule has 0 saturated heterocycles.